The minimum atomic E-state index is -0.363. The van der Waals surface area contributed by atoms with Crippen molar-refractivity contribution in [2.24, 2.45) is 0 Å². The number of aryl methyl sites for hydroxylation is 1. The molecule has 40 heavy (non-hydrogen) atoms. The van der Waals surface area contributed by atoms with Gasteiger partial charge in [0, 0.05) is 40.2 Å². The molecule has 0 saturated carbocycles. The van der Waals surface area contributed by atoms with Crippen molar-refractivity contribution >= 4 is 40.6 Å². The van der Waals surface area contributed by atoms with E-state index in [0.29, 0.717) is 54.9 Å². The number of rotatable bonds is 12. The van der Waals surface area contributed by atoms with E-state index in [9.17, 15) is 9.59 Å². The molecule has 8 nitrogen and oxygen atoms in total. The average Bonchev–Trinajstić information content (AvgIpc) is 3.61. The summed E-state index contributed by atoms with van der Waals surface area (Å²) in [6.45, 7) is 3.93. The van der Waals surface area contributed by atoms with Crippen molar-refractivity contribution < 1.29 is 23.8 Å². The summed E-state index contributed by atoms with van der Waals surface area (Å²) in [7, 11) is 3.21. The fourth-order valence-corrected chi connectivity index (χ4v) is 5.73. The van der Waals surface area contributed by atoms with Gasteiger partial charge in [0.1, 0.15) is 6.54 Å². The quantitative estimate of drug-likeness (QED) is 0.281. The fraction of sp³-hybridized carbons (Fsp3) is 0.400. The van der Waals surface area contributed by atoms with E-state index in [1.54, 1.807) is 54.7 Å². The number of thiophene rings is 1. The average molecular weight is 586 g/mol. The molecule has 0 radical (unpaired) electrons. The van der Waals surface area contributed by atoms with Crippen LogP contribution in [-0.4, -0.2) is 68.3 Å². The zero-order valence-corrected chi connectivity index (χ0v) is 24.7. The van der Waals surface area contributed by atoms with Crippen molar-refractivity contribution in [3.05, 3.63) is 74.9 Å². The molecule has 0 aliphatic carbocycles. The second kappa shape index (κ2) is 14.4. The Balaban J connectivity index is 1.50. The molecule has 1 aromatic heterocycles. The van der Waals surface area contributed by atoms with Crippen LogP contribution in [0.2, 0.25) is 5.02 Å². The summed E-state index contributed by atoms with van der Waals surface area (Å²) in [6, 6.07) is 16.5. The van der Waals surface area contributed by atoms with Crippen LogP contribution in [0.15, 0.2) is 54.6 Å². The largest absolute Gasteiger partial charge is 0.493 e. The van der Waals surface area contributed by atoms with Crippen LogP contribution < -0.4 is 14.8 Å². The van der Waals surface area contributed by atoms with E-state index >= 15 is 0 Å². The molecule has 1 N–H and O–H groups in total. The number of carbonyl (C=O) groups is 2. The van der Waals surface area contributed by atoms with Crippen LogP contribution in [0.1, 0.15) is 28.2 Å². The Morgan fingerprint density at radius 1 is 1.07 bits per heavy atom. The molecule has 3 amide bonds. The summed E-state index contributed by atoms with van der Waals surface area (Å²) in [5.41, 5.74) is 1.59. The SMILES string of the molecule is COc1ccc(CCN(Cc2ccc(C)s2)C(=O)CN(CC2CCCO2)C(=O)Nc2cccc(Cl)c2)cc1OC. The summed E-state index contributed by atoms with van der Waals surface area (Å²) >= 11 is 7.78. The number of benzene rings is 2. The number of methoxy groups -OCH3 is 2. The van der Waals surface area contributed by atoms with Crippen molar-refractivity contribution in [2.45, 2.75) is 38.8 Å². The highest BCUT2D eigenvalue weighted by Crippen LogP contribution is 2.28. The Labute approximate surface area is 244 Å². The number of halogens is 1. The Morgan fingerprint density at radius 3 is 2.58 bits per heavy atom. The first kappa shape index (κ1) is 29.7. The van der Waals surface area contributed by atoms with Crippen molar-refractivity contribution in [1.82, 2.24) is 9.80 Å². The zero-order chi connectivity index (χ0) is 28.5. The number of ether oxygens (including phenoxy) is 3. The van der Waals surface area contributed by atoms with Crippen LogP contribution in [0.5, 0.6) is 11.5 Å². The third kappa shape index (κ3) is 8.36. The van der Waals surface area contributed by atoms with Gasteiger partial charge < -0.3 is 29.3 Å². The number of nitrogens with one attached hydrogen (secondary N) is 1. The summed E-state index contributed by atoms with van der Waals surface area (Å²) in [5.74, 6) is 1.17. The molecule has 2 heterocycles. The maximum atomic E-state index is 13.8. The number of urea groups is 1. The highest BCUT2D eigenvalue weighted by molar-refractivity contribution is 7.11. The van der Waals surface area contributed by atoms with Gasteiger partial charge in [-0.3, -0.25) is 4.79 Å². The van der Waals surface area contributed by atoms with Gasteiger partial charge in [-0.2, -0.15) is 0 Å². The number of carbonyl (C=O) groups excluding carboxylic acids is 2. The van der Waals surface area contributed by atoms with Crippen molar-refractivity contribution in [1.29, 1.82) is 0 Å². The van der Waals surface area contributed by atoms with Crippen LogP contribution in [0.3, 0.4) is 0 Å². The highest BCUT2D eigenvalue weighted by atomic mass is 35.5. The third-order valence-electron chi connectivity index (χ3n) is 6.75. The third-order valence-corrected chi connectivity index (χ3v) is 7.97. The van der Waals surface area contributed by atoms with Gasteiger partial charge in [-0.25, -0.2) is 4.79 Å². The lowest BCUT2D eigenvalue weighted by Gasteiger charge is -2.29. The predicted molar refractivity (Wildman–Crippen MR) is 159 cm³/mol. The standard InChI is InChI=1S/C30H36ClN3O5S/c1-21-9-11-26(40-21)19-33(14-13-22-10-12-27(37-2)28(16-22)38-3)29(35)20-34(18-25-8-5-15-39-25)30(36)32-24-7-4-6-23(31)17-24/h4,6-7,9-12,16-17,25H,5,8,13-15,18-20H2,1-3H3,(H,32,36). The lowest BCUT2D eigenvalue weighted by atomic mass is 10.1. The lowest BCUT2D eigenvalue weighted by molar-refractivity contribution is -0.132. The number of nitrogens with zero attached hydrogens (tertiary/aromatic N) is 2. The second-order valence-corrected chi connectivity index (χ2v) is 11.5. The molecule has 1 atom stereocenters. The molecule has 4 rings (SSSR count). The molecule has 1 saturated heterocycles. The van der Waals surface area contributed by atoms with E-state index in [-0.39, 0.29) is 24.6 Å². The molecule has 214 valence electrons. The van der Waals surface area contributed by atoms with Gasteiger partial charge in [-0.1, -0.05) is 23.7 Å². The van der Waals surface area contributed by atoms with Crippen LogP contribution in [0, 0.1) is 6.92 Å². The second-order valence-electron chi connectivity index (χ2n) is 9.72. The van der Waals surface area contributed by atoms with E-state index in [2.05, 4.69) is 11.4 Å². The summed E-state index contributed by atoms with van der Waals surface area (Å²) < 4.78 is 16.6. The van der Waals surface area contributed by atoms with Crippen LogP contribution >= 0.6 is 22.9 Å². The van der Waals surface area contributed by atoms with Crippen molar-refractivity contribution in [2.75, 3.05) is 45.8 Å². The molecule has 0 spiro atoms. The molecule has 0 bridgehead atoms. The summed E-state index contributed by atoms with van der Waals surface area (Å²) in [4.78, 5) is 32.8. The molecular weight excluding hydrogens is 550 g/mol. The van der Waals surface area contributed by atoms with Gasteiger partial charge in [0.15, 0.2) is 11.5 Å². The molecule has 2 aromatic carbocycles. The molecule has 1 fully saturated rings. The predicted octanol–water partition coefficient (Wildman–Crippen LogP) is 6.01. The topological polar surface area (TPSA) is 80.3 Å². The normalized spacial score (nSPS) is 14.6. The van der Waals surface area contributed by atoms with E-state index in [1.807, 2.05) is 36.1 Å². The van der Waals surface area contributed by atoms with Crippen molar-refractivity contribution in [3.8, 4) is 11.5 Å². The molecular formula is C30H36ClN3O5S. The summed E-state index contributed by atoms with van der Waals surface area (Å²) in [5, 5.41) is 3.41. The van der Waals surface area contributed by atoms with Crippen LogP contribution in [-0.2, 0) is 22.5 Å². The van der Waals surface area contributed by atoms with Gasteiger partial charge in [0.25, 0.3) is 0 Å². The number of amides is 3. The first-order valence-corrected chi connectivity index (χ1v) is 14.5. The van der Waals surface area contributed by atoms with E-state index in [4.69, 9.17) is 25.8 Å². The van der Waals surface area contributed by atoms with Gasteiger partial charge in [0.2, 0.25) is 5.91 Å². The van der Waals surface area contributed by atoms with Gasteiger partial charge in [-0.05, 0) is 74.2 Å². The number of hydrogen-bond acceptors (Lipinski definition) is 6. The van der Waals surface area contributed by atoms with Gasteiger partial charge in [-0.15, -0.1) is 11.3 Å². The molecule has 1 unspecified atom stereocenters. The zero-order valence-electron chi connectivity index (χ0n) is 23.2. The van der Waals surface area contributed by atoms with Gasteiger partial charge in [0.05, 0.1) is 26.9 Å². The molecule has 10 heteroatoms. The molecule has 1 aliphatic heterocycles. The van der Waals surface area contributed by atoms with Crippen molar-refractivity contribution in [3.63, 3.8) is 0 Å². The Bertz CT molecular complexity index is 1290. The highest BCUT2D eigenvalue weighted by Gasteiger charge is 2.27. The minimum Gasteiger partial charge on any atom is -0.493 e. The smallest absolute Gasteiger partial charge is 0.322 e. The monoisotopic (exact) mass is 585 g/mol. The van der Waals surface area contributed by atoms with Gasteiger partial charge >= 0.3 is 6.03 Å². The lowest BCUT2D eigenvalue weighted by Crippen LogP contribution is -2.47. The van der Waals surface area contributed by atoms with E-state index in [0.717, 1.165) is 23.3 Å². The van der Waals surface area contributed by atoms with Crippen LogP contribution in [0.25, 0.3) is 0 Å². The maximum absolute atomic E-state index is 13.8. The van der Waals surface area contributed by atoms with E-state index < -0.39 is 0 Å². The Kier molecular flexibility index (Phi) is 10.7. The molecule has 1 aliphatic rings. The number of hydrogen-bond donors (Lipinski definition) is 1. The minimum absolute atomic E-state index is 0.0669. The Hall–Kier alpha value is -3.27. The van der Waals surface area contributed by atoms with E-state index in [1.165, 1.54) is 4.88 Å². The maximum Gasteiger partial charge on any atom is 0.322 e. The number of anilines is 1. The summed E-state index contributed by atoms with van der Waals surface area (Å²) in [6.07, 6.45) is 2.32. The fourth-order valence-electron chi connectivity index (χ4n) is 4.64. The first-order valence-electron chi connectivity index (χ1n) is 13.3. The Morgan fingerprint density at radius 2 is 1.90 bits per heavy atom. The van der Waals surface area contributed by atoms with Crippen LogP contribution in [0.4, 0.5) is 10.5 Å². The first-order chi connectivity index (χ1) is 19.3. The molecule has 3 aromatic rings.